The van der Waals surface area contributed by atoms with Gasteiger partial charge in [-0.1, -0.05) is 36.7 Å². The van der Waals surface area contributed by atoms with E-state index in [-0.39, 0.29) is 5.41 Å². The van der Waals surface area contributed by atoms with Gasteiger partial charge in [-0.15, -0.1) is 0 Å². The van der Waals surface area contributed by atoms with Crippen LogP contribution < -0.4 is 5.32 Å². The molecule has 0 amide bonds. The number of halogens is 1. The Hall–Kier alpha value is -1.09. The molecule has 0 saturated carbocycles. The largest absolute Gasteiger partial charge is 0.373 e. The Morgan fingerprint density at radius 3 is 2.32 bits per heavy atom. The second-order valence-corrected chi connectivity index (χ2v) is 6.88. The first-order valence-electron chi connectivity index (χ1n) is 6.54. The van der Waals surface area contributed by atoms with E-state index in [9.17, 15) is 0 Å². The number of aromatic nitrogens is 1. The zero-order valence-electron chi connectivity index (χ0n) is 12.5. The molecule has 0 aliphatic heterocycles. The van der Waals surface area contributed by atoms with Crippen LogP contribution in [0.5, 0.6) is 0 Å². The van der Waals surface area contributed by atoms with Gasteiger partial charge in [0.05, 0.1) is 5.52 Å². The summed E-state index contributed by atoms with van der Waals surface area (Å²) >= 11 is 3.67. The molecule has 2 aromatic rings. The molecule has 1 heterocycles. The molecule has 2 rings (SSSR count). The lowest BCUT2D eigenvalue weighted by atomic mass is 9.86. The summed E-state index contributed by atoms with van der Waals surface area (Å²) in [6, 6.07) is 4.41. The van der Waals surface area contributed by atoms with Crippen LogP contribution in [0.15, 0.2) is 16.6 Å². The van der Waals surface area contributed by atoms with Gasteiger partial charge in [0, 0.05) is 22.5 Å². The highest BCUT2D eigenvalue weighted by molar-refractivity contribution is 9.10. The van der Waals surface area contributed by atoms with Crippen LogP contribution in [-0.2, 0) is 5.41 Å². The molecule has 0 saturated heterocycles. The molecular formula is C16H21BrN2. The summed E-state index contributed by atoms with van der Waals surface area (Å²) in [5.41, 5.74) is 4.86. The molecule has 1 aromatic carbocycles. The Balaban J connectivity index is 2.87. The molecule has 3 heteroatoms. The van der Waals surface area contributed by atoms with Gasteiger partial charge in [0.15, 0.2) is 0 Å². The predicted molar refractivity (Wildman–Crippen MR) is 87.2 cm³/mol. The van der Waals surface area contributed by atoms with E-state index in [0.29, 0.717) is 0 Å². The summed E-state index contributed by atoms with van der Waals surface area (Å²) in [6.07, 6.45) is 0. The third kappa shape index (κ3) is 2.48. The number of hydrogen-bond donors (Lipinski definition) is 1. The van der Waals surface area contributed by atoms with Crippen LogP contribution in [0.1, 0.15) is 37.5 Å². The first-order valence-corrected chi connectivity index (χ1v) is 7.33. The van der Waals surface area contributed by atoms with Crippen LogP contribution in [0.25, 0.3) is 10.9 Å². The van der Waals surface area contributed by atoms with Crippen LogP contribution in [0.3, 0.4) is 0 Å². The molecule has 0 atom stereocenters. The van der Waals surface area contributed by atoms with Crippen molar-refractivity contribution in [2.24, 2.45) is 0 Å². The fourth-order valence-electron chi connectivity index (χ4n) is 2.38. The Morgan fingerprint density at radius 2 is 1.79 bits per heavy atom. The first kappa shape index (κ1) is 14.3. The lowest BCUT2D eigenvalue weighted by Crippen LogP contribution is -2.15. The SMILES string of the molecule is CNc1nc2cc(C)c(Br)c(C)c2cc1C(C)(C)C. The number of anilines is 1. The smallest absolute Gasteiger partial charge is 0.130 e. The monoisotopic (exact) mass is 320 g/mol. The van der Waals surface area contributed by atoms with E-state index in [1.54, 1.807) is 0 Å². The lowest BCUT2D eigenvalue weighted by Gasteiger charge is -2.23. The molecule has 0 fully saturated rings. The van der Waals surface area contributed by atoms with Gasteiger partial charge in [-0.25, -0.2) is 4.98 Å². The zero-order chi connectivity index (χ0) is 14.4. The van der Waals surface area contributed by atoms with Crippen molar-refractivity contribution in [3.05, 3.63) is 33.3 Å². The number of nitrogens with zero attached hydrogens (tertiary/aromatic N) is 1. The first-order chi connectivity index (χ1) is 8.75. The molecule has 0 unspecified atom stereocenters. The zero-order valence-corrected chi connectivity index (χ0v) is 14.1. The van der Waals surface area contributed by atoms with Crippen LogP contribution in [-0.4, -0.2) is 12.0 Å². The molecule has 1 aromatic heterocycles. The number of fused-ring (bicyclic) bond motifs is 1. The standard InChI is InChI=1S/C16H21BrN2/c1-9-7-13-11(10(2)14(9)17)8-12(16(3,4)5)15(18-6)19-13/h7-8H,1-6H3,(H,18,19). The van der Waals surface area contributed by atoms with Crippen molar-refractivity contribution in [3.63, 3.8) is 0 Å². The molecule has 2 nitrogen and oxygen atoms in total. The summed E-state index contributed by atoms with van der Waals surface area (Å²) in [5.74, 6) is 0.973. The van der Waals surface area contributed by atoms with E-state index in [2.05, 4.69) is 68.0 Å². The Bertz CT molecular complexity index is 639. The van der Waals surface area contributed by atoms with Gasteiger partial charge in [0.2, 0.25) is 0 Å². The van der Waals surface area contributed by atoms with E-state index in [1.807, 2.05) is 7.05 Å². The van der Waals surface area contributed by atoms with Gasteiger partial charge in [0.1, 0.15) is 5.82 Å². The molecule has 102 valence electrons. The maximum atomic E-state index is 4.79. The maximum absolute atomic E-state index is 4.79. The fraction of sp³-hybridized carbons (Fsp3) is 0.438. The van der Waals surface area contributed by atoms with Gasteiger partial charge in [-0.2, -0.15) is 0 Å². The van der Waals surface area contributed by atoms with Crippen molar-refractivity contribution in [1.29, 1.82) is 0 Å². The fourth-order valence-corrected chi connectivity index (χ4v) is 2.71. The molecule has 19 heavy (non-hydrogen) atoms. The van der Waals surface area contributed by atoms with Crippen LogP contribution in [0.4, 0.5) is 5.82 Å². The second kappa shape index (κ2) is 4.78. The summed E-state index contributed by atoms with van der Waals surface area (Å²) in [7, 11) is 1.93. The van der Waals surface area contributed by atoms with Gasteiger partial charge < -0.3 is 5.32 Å². The van der Waals surface area contributed by atoms with Crippen molar-refractivity contribution < 1.29 is 0 Å². The molecule has 0 aliphatic rings. The topological polar surface area (TPSA) is 24.9 Å². The highest BCUT2D eigenvalue weighted by atomic mass is 79.9. The molecule has 0 aliphatic carbocycles. The number of aryl methyl sites for hydroxylation is 2. The van der Waals surface area contributed by atoms with Crippen LogP contribution >= 0.6 is 15.9 Å². The Labute approximate surface area is 123 Å². The van der Waals surface area contributed by atoms with Crippen molar-refractivity contribution in [2.75, 3.05) is 12.4 Å². The van der Waals surface area contributed by atoms with Crippen molar-refractivity contribution in [2.45, 2.75) is 40.0 Å². The van der Waals surface area contributed by atoms with E-state index < -0.39 is 0 Å². The van der Waals surface area contributed by atoms with Crippen molar-refractivity contribution >= 4 is 32.7 Å². The van der Waals surface area contributed by atoms with Gasteiger partial charge >= 0.3 is 0 Å². The highest BCUT2D eigenvalue weighted by Crippen LogP contribution is 2.35. The van der Waals surface area contributed by atoms with E-state index in [1.165, 1.54) is 26.5 Å². The summed E-state index contributed by atoms with van der Waals surface area (Å²) in [6.45, 7) is 10.9. The molecule has 0 bridgehead atoms. The minimum absolute atomic E-state index is 0.0728. The molecular weight excluding hydrogens is 300 g/mol. The number of rotatable bonds is 1. The number of pyridine rings is 1. The predicted octanol–water partition coefficient (Wildman–Crippen LogP) is 4.95. The quantitative estimate of drug-likeness (QED) is 0.803. The molecule has 0 radical (unpaired) electrons. The second-order valence-electron chi connectivity index (χ2n) is 6.08. The van der Waals surface area contributed by atoms with E-state index in [4.69, 9.17) is 4.98 Å². The third-order valence-electron chi connectivity index (χ3n) is 3.53. The summed E-state index contributed by atoms with van der Waals surface area (Å²) < 4.78 is 1.18. The summed E-state index contributed by atoms with van der Waals surface area (Å²) in [4.78, 5) is 4.79. The van der Waals surface area contributed by atoms with E-state index in [0.717, 1.165) is 11.3 Å². The van der Waals surface area contributed by atoms with Crippen molar-refractivity contribution in [1.82, 2.24) is 4.98 Å². The maximum Gasteiger partial charge on any atom is 0.130 e. The van der Waals surface area contributed by atoms with Crippen LogP contribution in [0, 0.1) is 13.8 Å². The van der Waals surface area contributed by atoms with E-state index >= 15 is 0 Å². The van der Waals surface area contributed by atoms with Gasteiger partial charge in [-0.3, -0.25) is 0 Å². The number of nitrogens with one attached hydrogen (secondary N) is 1. The minimum atomic E-state index is 0.0728. The van der Waals surface area contributed by atoms with Crippen LogP contribution in [0.2, 0.25) is 0 Å². The Kier molecular flexibility index (Phi) is 3.61. The highest BCUT2D eigenvalue weighted by Gasteiger charge is 2.20. The lowest BCUT2D eigenvalue weighted by molar-refractivity contribution is 0.591. The van der Waals surface area contributed by atoms with Crippen molar-refractivity contribution in [3.8, 4) is 0 Å². The molecule has 1 N–H and O–H groups in total. The van der Waals surface area contributed by atoms with Gasteiger partial charge in [-0.05, 0) is 42.5 Å². The number of hydrogen-bond acceptors (Lipinski definition) is 2. The number of benzene rings is 1. The average molecular weight is 321 g/mol. The van der Waals surface area contributed by atoms with Gasteiger partial charge in [0.25, 0.3) is 0 Å². The third-order valence-corrected chi connectivity index (χ3v) is 4.75. The molecule has 0 spiro atoms. The normalized spacial score (nSPS) is 11.9. The Morgan fingerprint density at radius 1 is 1.16 bits per heavy atom. The summed E-state index contributed by atoms with van der Waals surface area (Å²) in [5, 5.41) is 4.45. The average Bonchev–Trinajstić information content (AvgIpc) is 2.33. The minimum Gasteiger partial charge on any atom is -0.373 e.